The number of halogens is 2. The van der Waals surface area contributed by atoms with Crippen LogP contribution in [0.25, 0.3) is 0 Å². The van der Waals surface area contributed by atoms with E-state index < -0.39 is 15.9 Å². The average molecular weight is 385 g/mol. The van der Waals surface area contributed by atoms with Crippen LogP contribution in [-0.2, 0) is 10.0 Å². The fraction of sp³-hybridized carbons (Fsp3) is 0.0625. The van der Waals surface area contributed by atoms with E-state index in [-0.39, 0.29) is 22.0 Å². The molecule has 0 spiro atoms. The maximum absolute atomic E-state index is 12.3. The second kappa shape index (κ2) is 7.81. The highest BCUT2D eigenvalue weighted by molar-refractivity contribution is 7.89. The number of amides is 1. The number of benzene rings is 2. The molecule has 0 atom stereocenters. The average Bonchev–Trinajstić information content (AvgIpc) is 2.55. The van der Waals surface area contributed by atoms with Crippen LogP contribution in [0.2, 0.25) is 10.0 Å². The fourth-order valence-electron chi connectivity index (χ4n) is 1.83. The maximum atomic E-state index is 12.3. The predicted molar refractivity (Wildman–Crippen MR) is 96.2 cm³/mol. The number of hydrogen-bond acceptors (Lipinski definition) is 3. The van der Waals surface area contributed by atoms with Gasteiger partial charge in [-0.2, -0.15) is 0 Å². The topological polar surface area (TPSA) is 75.3 Å². The summed E-state index contributed by atoms with van der Waals surface area (Å²) in [4.78, 5) is 12.1. The van der Waals surface area contributed by atoms with Crippen molar-refractivity contribution in [2.45, 2.75) is 4.90 Å². The Bertz CT molecular complexity index is 865. The molecule has 0 aliphatic carbocycles. The van der Waals surface area contributed by atoms with Gasteiger partial charge < -0.3 is 5.32 Å². The summed E-state index contributed by atoms with van der Waals surface area (Å²) in [6.45, 7) is 3.50. The zero-order valence-corrected chi connectivity index (χ0v) is 14.8. The number of hydrogen-bond donors (Lipinski definition) is 2. The number of rotatable bonds is 6. The minimum absolute atomic E-state index is 0.0228. The highest BCUT2D eigenvalue weighted by Gasteiger charge is 2.19. The highest BCUT2D eigenvalue weighted by atomic mass is 35.5. The number of nitrogens with one attached hydrogen (secondary N) is 2. The second-order valence-electron chi connectivity index (χ2n) is 4.75. The van der Waals surface area contributed by atoms with Crippen molar-refractivity contribution >= 4 is 44.8 Å². The molecule has 0 saturated carbocycles. The largest absolute Gasteiger partial charge is 0.322 e. The number of anilines is 1. The van der Waals surface area contributed by atoms with E-state index in [0.29, 0.717) is 10.7 Å². The Balaban J connectivity index is 2.28. The lowest BCUT2D eigenvalue weighted by Gasteiger charge is -2.10. The first-order chi connectivity index (χ1) is 11.3. The molecule has 24 heavy (non-hydrogen) atoms. The summed E-state index contributed by atoms with van der Waals surface area (Å²) in [5.41, 5.74) is 0.696. The van der Waals surface area contributed by atoms with Gasteiger partial charge in [0.05, 0.1) is 5.02 Å². The summed E-state index contributed by atoms with van der Waals surface area (Å²) in [6, 6.07) is 10.6. The van der Waals surface area contributed by atoms with E-state index in [1.807, 2.05) is 0 Å². The zero-order valence-electron chi connectivity index (χ0n) is 12.4. The molecule has 0 aliphatic rings. The lowest BCUT2D eigenvalue weighted by Crippen LogP contribution is -2.24. The lowest BCUT2D eigenvalue weighted by molar-refractivity contribution is 0.102. The first-order valence-corrected chi connectivity index (χ1v) is 9.04. The number of carbonyl (C=O) groups is 1. The Hall–Kier alpha value is -1.86. The minimum atomic E-state index is -3.84. The Morgan fingerprint density at radius 2 is 1.79 bits per heavy atom. The SMILES string of the molecule is C=CCNS(=O)(=O)c1cc(C(=O)Nc2ccc(Cl)cc2)ccc1Cl. The van der Waals surface area contributed by atoms with E-state index >= 15 is 0 Å². The summed E-state index contributed by atoms with van der Waals surface area (Å²) in [5, 5.41) is 3.22. The van der Waals surface area contributed by atoms with E-state index in [2.05, 4.69) is 16.6 Å². The van der Waals surface area contributed by atoms with Gasteiger partial charge in [-0.3, -0.25) is 4.79 Å². The molecule has 0 radical (unpaired) electrons. The van der Waals surface area contributed by atoms with Gasteiger partial charge in [0, 0.05) is 22.8 Å². The third-order valence-corrected chi connectivity index (χ3v) is 5.16. The quantitative estimate of drug-likeness (QED) is 0.745. The molecule has 5 nitrogen and oxygen atoms in total. The lowest BCUT2D eigenvalue weighted by atomic mass is 10.2. The van der Waals surface area contributed by atoms with Crippen LogP contribution in [0.3, 0.4) is 0 Å². The second-order valence-corrected chi connectivity index (χ2v) is 7.33. The van der Waals surface area contributed by atoms with Crippen molar-refractivity contribution in [3.05, 3.63) is 70.7 Å². The van der Waals surface area contributed by atoms with Crippen molar-refractivity contribution in [3.8, 4) is 0 Å². The summed E-state index contributed by atoms with van der Waals surface area (Å²) in [5.74, 6) is -0.464. The molecule has 2 aromatic carbocycles. The summed E-state index contributed by atoms with van der Waals surface area (Å²) < 4.78 is 26.7. The summed E-state index contributed by atoms with van der Waals surface area (Å²) in [7, 11) is -3.84. The predicted octanol–water partition coefficient (Wildman–Crippen LogP) is 3.71. The molecule has 0 heterocycles. The van der Waals surface area contributed by atoms with Gasteiger partial charge in [-0.05, 0) is 42.5 Å². The molecule has 8 heteroatoms. The van der Waals surface area contributed by atoms with Crippen LogP contribution in [0.5, 0.6) is 0 Å². The Labute approximate surface area is 150 Å². The van der Waals surface area contributed by atoms with Crippen molar-refractivity contribution in [1.82, 2.24) is 4.72 Å². The van der Waals surface area contributed by atoms with Gasteiger partial charge in [0.25, 0.3) is 5.91 Å². The molecule has 2 rings (SSSR count). The van der Waals surface area contributed by atoms with E-state index in [9.17, 15) is 13.2 Å². The fourth-order valence-corrected chi connectivity index (χ4v) is 3.48. The standard InChI is InChI=1S/C16H14Cl2N2O3S/c1-2-9-19-24(22,23)15-10-11(3-8-14(15)18)16(21)20-13-6-4-12(17)5-7-13/h2-8,10,19H,1,9H2,(H,20,21). The van der Waals surface area contributed by atoms with E-state index in [4.69, 9.17) is 23.2 Å². The van der Waals surface area contributed by atoms with Crippen LogP contribution < -0.4 is 10.0 Å². The third-order valence-electron chi connectivity index (χ3n) is 3.00. The van der Waals surface area contributed by atoms with Crippen molar-refractivity contribution < 1.29 is 13.2 Å². The van der Waals surface area contributed by atoms with Gasteiger partial charge in [0.15, 0.2) is 0 Å². The zero-order chi connectivity index (χ0) is 17.7. The number of sulfonamides is 1. The molecule has 1 amide bonds. The van der Waals surface area contributed by atoms with Crippen molar-refractivity contribution in [1.29, 1.82) is 0 Å². The van der Waals surface area contributed by atoms with Crippen molar-refractivity contribution in [2.75, 3.05) is 11.9 Å². The van der Waals surface area contributed by atoms with Crippen molar-refractivity contribution in [3.63, 3.8) is 0 Å². The number of carbonyl (C=O) groups excluding carboxylic acids is 1. The van der Waals surface area contributed by atoms with Crippen LogP contribution >= 0.6 is 23.2 Å². The molecule has 0 unspecified atom stereocenters. The van der Waals surface area contributed by atoms with Gasteiger partial charge in [0.2, 0.25) is 10.0 Å². The molecule has 2 aromatic rings. The summed E-state index contributed by atoms with van der Waals surface area (Å²) >= 11 is 11.7. The van der Waals surface area contributed by atoms with Crippen LogP contribution in [-0.4, -0.2) is 20.9 Å². The molecule has 2 N–H and O–H groups in total. The van der Waals surface area contributed by atoms with E-state index in [1.165, 1.54) is 24.3 Å². The molecular weight excluding hydrogens is 371 g/mol. The van der Waals surface area contributed by atoms with Gasteiger partial charge in [-0.15, -0.1) is 6.58 Å². The van der Waals surface area contributed by atoms with Crippen molar-refractivity contribution in [2.24, 2.45) is 0 Å². The minimum Gasteiger partial charge on any atom is -0.322 e. The molecule has 0 bridgehead atoms. The molecule has 0 aromatic heterocycles. The monoisotopic (exact) mass is 384 g/mol. The molecule has 126 valence electrons. The molecule has 0 fully saturated rings. The maximum Gasteiger partial charge on any atom is 0.255 e. The highest BCUT2D eigenvalue weighted by Crippen LogP contribution is 2.23. The van der Waals surface area contributed by atoms with Gasteiger partial charge in [-0.1, -0.05) is 29.3 Å². The van der Waals surface area contributed by atoms with E-state index in [1.54, 1.807) is 24.3 Å². The molecular formula is C16H14Cl2N2O3S. The van der Waals surface area contributed by atoms with Gasteiger partial charge in [-0.25, -0.2) is 13.1 Å². The van der Waals surface area contributed by atoms with E-state index in [0.717, 1.165) is 0 Å². The smallest absolute Gasteiger partial charge is 0.255 e. The molecule has 0 saturated heterocycles. The Morgan fingerprint density at radius 3 is 2.42 bits per heavy atom. The van der Waals surface area contributed by atoms with Crippen LogP contribution in [0.4, 0.5) is 5.69 Å². The van der Waals surface area contributed by atoms with Gasteiger partial charge in [0.1, 0.15) is 4.90 Å². The van der Waals surface area contributed by atoms with Gasteiger partial charge >= 0.3 is 0 Å². The van der Waals surface area contributed by atoms with Crippen LogP contribution in [0.1, 0.15) is 10.4 Å². The van der Waals surface area contributed by atoms with Crippen LogP contribution in [0, 0.1) is 0 Å². The Kier molecular flexibility index (Phi) is 6.01. The summed E-state index contributed by atoms with van der Waals surface area (Å²) in [6.07, 6.45) is 1.41. The third kappa shape index (κ3) is 4.58. The van der Waals surface area contributed by atoms with Crippen LogP contribution in [0.15, 0.2) is 60.0 Å². The normalized spacial score (nSPS) is 11.1. The first-order valence-electron chi connectivity index (χ1n) is 6.80. The molecule has 0 aliphatic heterocycles. The first kappa shape index (κ1) is 18.5. The Morgan fingerprint density at radius 1 is 1.12 bits per heavy atom.